The van der Waals surface area contributed by atoms with E-state index in [2.05, 4.69) is 30.9 Å². The van der Waals surface area contributed by atoms with Crippen LogP contribution in [0.5, 0.6) is 0 Å². The smallest absolute Gasteiger partial charge is 0.271 e. The molecule has 0 spiro atoms. The van der Waals surface area contributed by atoms with Crippen LogP contribution in [0.2, 0.25) is 0 Å². The summed E-state index contributed by atoms with van der Waals surface area (Å²) in [6, 6.07) is 10.1. The number of fused-ring (bicyclic) bond motifs is 1. The Morgan fingerprint density at radius 1 is 1.04 bits per heavy atom. The first-order chi connectivity index (χ1) is 12.2. The summed E-state index contributed by atoms with van der Waals surface area (Å²) in [5.41, 5.74) is 4.00. The predicted molar refractivity (Wildman–Crippen MR) is 100 cm³/mol. The van der Waals surface area contributed by atoms with E-state index < -0.39 is 5.91 Å². The number of para-hydroxylation sites is 1. The number of anilines is 1. The van der Waals surface area contributed by atoms with Crippen LogP contribution < -0.4 is 4.90 Å². The van der Waals surface area contributed by atoms with Crippen molar-refractivity contribution >= 4 is 17.5 Å². The zero-order valence-electron chi connectivity index (χ0n) is 15.6. The van der Waals surface area contributed by atoms with E-state index in [9.17, 15) is 14.9 Å². The molecule has 0 aliphatic carbocycles. The lowest BCUT2D eigenvalue weighted by Gasteiger charge is -2.25. The third-order valence-electron chi connectivity index (χ3n) is 5.29. The van der Waals surface area contributed by atoms with E-state index in [1.807, 2.05) is 31.3 Å². The van der Waals surface area contributed by atoms with Crippen LogP contribution in [0.4, 0.5) is 5.69 Å². The fourth-order valence-corrected chi connectivity index (χ4v) is 3.69. The van der Waals surface area contributed by atoms with Gasteiger partial charge in [-0.3, -0.25) is 14.5 Å². The minimum atomic E-state index is -0.550. The Morgan fingerprint density at radius 3 is 2.31 bits per heavy atom. The topological polar surface area (TPSA) is 64.4 Å². The molecule has 0 saturated carbocycles. The first-order valence-corrected chi connectivity index (χ1v) is 8.41. The van der Waals surface area contributed by atoms with Crippen LogP contribution in [0, 0.1) is 11.3 Å². The molecule has 132 valence electrons. The number of nitrogens with zero attached hydrogens (tertiary/aromatic N) is 3. The summed E-state index contributed by atoms with van der Waals surface area (Å²) in [5.74, 6) is -0.940. The van der Waals surface area contributed by atoms with Gasteiger partial charge in [-0.15, -0.1) is 0 Å². The Morgan fingerprint density at radius 2 is 1.69 bits per heavy atom. The van der Waals surface area contributed by atoms with Gasteiger partial charge < -0.3 is 4.90 Å². The number of carbonyl (C=O) groups excluding carboxylic acids is 2. The molecule has 2 aliphatic heterocycles. The minimum absolute atomic E-state index is 0.0130. The number of hydrogen-bond donors (Lipinski definition) is 0. The Kier molecular flexibility index (Phi) is 4.08. The molecule has 1 aromatic carbocycles. The normalized spacial score (nSPS) is 22.3. The van der Waals surface area contributed by atoms with Crippen molar-refractivity contribution in [3.63, 3.8) is 0 Å². The van der Waals surface area contributed by atoms with E-state index >= 15 is 0 Å². The maximum absolute atomic E-state index is 12.5. The van der Waals surface area contributed by atoms with Gasteiger partial charge in [-0.05, 0) is 36.3 Å². The number of nitriles is 1. The van der Waals surface area contributed by atoms with E-state index in [-0.39, 0.29) is 16.9 Å². The Hall–Kier alpha value is -3.13. The summed E-state index contributed by atoms with van der Waals surface area (Å²) in [7, 11) is 3.40. The maximum Gasteiger partial charge on any atom is 0.271 e. The molecule has 0 fully saturated rings. The second-order valence-corrected chi connectivity index (χ2v) is 7.11. The third-order valence-corrected chi connectivity index (χ3v) is 5.29. The van der Waals surface area contributed by atoms with Crippen LogP contribution in [0.15, 0.2) is 58.8 Å². The molecule has 0 bridgehead atoms. The number of imide groups is 1. The number of benzene rings is 1. The van der Waals surface area contributed by atoms with E-state index in [1.165, 1.54) is 12.6 Å². The molecule has 0 atom stereocenters. The van der Waals surface area contributed by atoms with E-state index in [4.69, 9.17) is 0 Å². The molecule has 1 aromatic rings. The van der Waals surface area contributed by atoms with Crippen molar-refractivity contribution in [3.05, 3.63) is 64.4 Å². The van der Waals surface area contributed by atoms with E-state index in [1.54, 1.807) is 13.0 Å². The summed E-state index contributed by atoms with van der Waals surface area (Å²) in [6.45, 7) is 5.92. The van der Waals surface area contributed by atoms with Crippen LogP contribution in [0.25, 0.3) is 0 Å². The van der Waals surface area contributed by atoms with Crippen LogP contribution in [0.1, 0.15) is 26.3 Å². The molecule has 0 saturated heterocycles. The molecular weight excluding hydrogens is 326 g/mol. The average Bonchev–Trinajstić information content (AvgIpc) is 2.81. The van der Waals surface area contributed by atoms with Crippen molar-refractivity contribution in [3.8, 4) is 6.07 Å². The van der Waals surface area contributed by atoms with Crippen molar-refractivity contribution in [2.75, 3.05) is 19.0 Å². The van der Waals surface area contributed by atoms with Gasteiger partial charge in [0.05, 0.1) is 0 Å². The molecule has 26 heavy (non-hydrogen) atoms. The van der Waals surface area contributed by atoms with Crippen molar-refractivity contribution in [2.45, 2.75) is 26.2 Å². The van der Waals surface area contributed by atoms with Gasteiger partial charge in [-0.2, -0.15) is 5.26 Å². The second-order valence-electron chi connectivity index (χ2n) is 7.11. The first-order valence-electron chi connectivity index (χ1n) is 8.41. The highest BCUT2D eigenvalue weighted by Crippen LogP contribution is 2.46. The second kappa shape index (κ2) is 5.99. The molecule has 5 nitrogen and oxygen atoms in total. The lowest BCUT2D eigenvalue weighted by atomic mass is 9.83. The summed E-state index contributed by atoms with van der Waals surface area (Å²) in [4.78, 5) is 27.7. The molecule has 5 heteroatoms. The standard InChI is InChI=1S/C21H21N3O2/c1-13-14(19(25)24(5)20(26)15(13)12-22)10-11-18-21(2,3)16-8-6-7-9-17(16)23(18)4/h6-11H,1-5H3/b14-10+,18-11-. The number of hydrogen-bond acceptors (Lipinski definition) is 4. The number of amides is 2. The van der Waals surface area contributed by atoms with E-state index in [0.29, 0.717) is 11.1 Å². The number of allylic oxidation sites excluding steroid dienone is 3. The minimum Gasteiger partial charge on any atom is -0.347 e. The lowest BCUT2D eigenvalue weighted by Crippen LogP contribution is -2.39. The Balaban J connectivity index is 2.12. The van der Waals surface area contributed by atoms with Crippen molar-refractivity contribution in [1.29, 1.82) is 5.26 Å². The largest absolute Gasteiger partial charge is 0.347 e. The predicted octanol–water partition coefficient (Wildman–Crippen LogP) is 3.06. The highest BCUT2D eigenvalue weighted by Gasteiger charge is 2.38. The van der Waals surface area contributed by atoms with Crippen molar-refractivity contribution in [1.82, 2.24) is 4.90 Å². The molecule has 0 N–H and O–H groups in total. The van der Waals surface area contributed by atoms with Crippen LogP contribution in [-0.4, -0.2) is 30.8 Å². The highest BCUT2D eigenvalue weighted by atomic mass is 16.2. The molecule has 0 aromatic heterocycles. The zero-order chi connectivity index (χ0) is 19.2. The van der Waals surface area contributed by atoms with Gasteiger partial charge in [-0.25, -0.2) is 0 Å². The van der Waals surface area contributed by atoms with Crippen LogP contribution in [-0.2, 0) is 15.0 Å². The fourth-order valence-electron chi connectivity index (χ4n) is 3.69. The molecule has 2 heterocycles. The van der Waals surface area contributed by atoms with Crippen LogP contribution in [0.3, 0.4) is 0 Å². The summed E-state index contributed by atoms with van der Waals surface area (Å²) in [6.07, 6.45) is 3.63. The highest BCUT2D eigenvalue weighted by molar-refractivity contribution is 6.17. The van der Waals surface area contributed by atoms with Gasteiger partial charge in [0.25, 0.3) is 11.8 Å². The zero-order valence-corrected chi connectivity index (χ0v) is 15.6. The van der Waals surface area contributed by atoms with Crippen molar-refractivity contribution in [2.24, 2.45) is 0 Å². The number of carbonyl (C=O) groups is 2. The van der Waals surface area contributed by atoms with Gasteiger partial charge in [0.2, 0.25) is 0 Å². The van der Waals surface area contributed by atoms with Gasteiger partial charge in [0.15, 0.2) is 0 Å². The monoisotopic (exact) mass is 347 g/mol. The molecule has 0 radical (unpaired) electrons. The lowest BCUT2D eigenvalue weighted by molar-refractivity contribution is -0.138. The van der Waals surface area contributed by atoms with Gasteiger partial charge >= 0.3 is 0 Å². The van der Waals surface area contributed by atoms with Crippen molar-refractivity contribution < 1.29 is 9.59 Å². The van der Waals surface area contributed by atoms with Gasteiger partial charge in [0, 0.05) is 36.5 Å². The molecule has 2 amide bonds. The maximum atomic E-state index is 12.5. The summed E-state index contributed by atoms with van der Waals surface area (Å²) >= 11 is 0. The Labute approximate surface area is 153 Å². The van der Waals surface area contributed by atoms with Gasteiger partial charge in [-0.1, -0.05) is 32.0 Å². The first kappa shape index (κ1) is 17.7. The Bertz CT molecular complexity index is 958. The molecule has 0 unspecified atom stereocenters. The summed E-state index contributed by atoms with van der Waals surface area (Å²) in [5, 5.41) is 9.26. The summed E-state index contributed by atoms with van der Waals surface area (Å²) < 4.78 is 0. The van der Waals surface area contributed by atoms with Gasteiger partial charge in [0.1, 0.15) is 11.6 Å². The molecular formula is C21H21N3O2. The fraction of sp³-hybridized carbons (Fsp3) is 0.286. The molecule has 3 rings (SSSR count). The average molecular weight is 347 g/mol. The third kappa shape index (κ3) is 2.38. The number of likely N-dealkylation sites (N-methyl/N-ethyl adjacent to an activating group) is 2. The molecule has 2 aliphatic rings. The van der Waals surface area contributed by atoms with Crippen LogP contribution >= 0.6 is 0 Å². The quantitative estimate of drug-likeness (QED) is 0.578. The van der Waals surface area contributed by atoms with E-state index in [0.717, 1.165) is 16.3 Å². The number of rotatable bonds is 1. The SMILES string of the molecule is CC1=C(C#N)C(=O)N(C)C(=O)/C1=C/C=C1\N(C)c2ccccc2C1(C)C.